The Morgan fingerprint density at radius 2 is 2.31 bits per heavy atom. The first kappa shape index (κ1) is 10.6. The van der Waals surface area contributed by atoms with E-state index in [1.54, 1.807) is 7.05 Å². The van der Waals surface area contributed by atoms with Crippen LogP contribution in [0.5, 0.6) is 0 Å². The number of hydrogen-bond acceptors (Lipinski definition) is 3. The molecule has 3 N–H and O–H groups in total. The molecular weight excluding hydrogens is 204 g/mol. The maximum atomic E-state index is 11.4. The van der Waals surface area contributed by atoms with Gasteiger partial charge in [0, 0.05) is 12.7 Å². The number of fused-ring (bicyclic) bond motifs is 1. The van der Waals surface area contributed by atoms with Crippen LogP contribution in [0.4, 0.5) is 5.69 Å². The number of rotatable bonds is 2. The topological polar surface area (TPSA) is 75.0 Å². The molecule has 0 spiro atoms. The van der Waals surface area contributed by atoms with Gasteiger partial charge in [-0.1, -0.05) is 0 Å². The average Bonchev–Trinajstić information content (AvgIpc) is 2.65. The molecule has 84 valence electrons. The Morgan fingerprint density at radius 3 is 3.00 bits per heavy atom. The lowest BCUT2D eigenvalue weighted by Crippen LogP contribution is -2.32. The molecule has 0 radical (unpaired) electrons. The number of nitrogens with zero attached hydrogens (tertiary/aromatic N) is 2. The van der Waals surface area contributed by atoms with Gasteiger partial charge in [0.15, 0.2) is 0 Å². The standard InChI is InChI=1S/C11H14N4O/c1-7-13-9-4-3-8(5-10(9)14-7)15(2)11(16)6-12/h3-5H,6,12H2,1-2H3,(H,13,14). The first-order valence-electron chi connectivity index (χ1n) is 5.05. The van der Waals surface area contributed by atoms with Crippen molar-refractivity contribution in [2.24, 2.45) is 5.73 Å². The molecule has 1 aromatic carbocycles. The normalized spacial score (nSPS) is 10.7. The average molecular weight is 218 g/mol. The summed E-state index contributed by atoms with van der Waals surface area (Å²) in [7, 11) is 1.71. The lowest BCUT2D eigenvalue weighted by molar-refractivity contribution is -0.117. The zero-order valence-corrected chi connectivity index (χ0v) is 9.32. The fraction of sp³-hybridized carbons (Fsp3) is 0.273. The lowest BCUT2D eigenvalue weighted by atomic mass is 10.2. The molecule has 0 bridgehead atoms. The molecule has 0 aliphatic rings. The predicted octanol–water partition coefficient (Wildman–Crippen LogP) is 0.793. The maximum absolute atomic E-state index is 11.4. The van der Waals surface area contributed by atoms with Crippen molar-refractivity contribution in [1.82, 2.24) is 9.97 Å². The number of likely N-dealkylation sites (N-methyl/N-ethyl adjacent to an activating group) is 1. The number of aromatic nitrogens is 2. The number of nitrogens with one attached hydrogen (secondary N) is 1. The van der Waals surface area contributed by atoms with Gasteiger partial charge in [-0.25, -0.2) is 4.98 Å². The van der Waals surface area contributed by atoms with E-state index in [-0.39, 0.29) is 12.5 Å². The number of amides is 1. The van der Waals surface area contributed by atoms with Crippen LogP contribution in [0.15, 0.2) is 18.2 Å². The van der Waals surface area contributed by atoms with E-state index in [9.17, 15) is 4.79 Å². The Labute approximate surface area is 93.3 Å². The second kappa shape index (κ2) is 3.94. The van der Waals surface area contributed by atoms with E-state index in [4.69, 9.17) is 5.73 Å². The highest BCUT2D eigenvalue weighted by atomic mass is 16.2. The van der Waals surface area contributed by atoms with E-state index in [1.807, 2.05) is 25.1 Å². The minimum absolute atomic E-state index is 0.0105. The molecule has 0 aliphatic heterocycles. The van der Waals surface area contributed by atoms with E-state index in [2.05, 4.69) is 9.97 Å². The van der Waals surface area contributed by atoms with Gasteiger partial charge in [-0.3, -0.25) is 4.79 Å². The summed E-state index contributed by atoms with van der Waals surface area (Å²) in [5, 5.41) is 0. The van der Waals surface area contributed by atoms with Crippen molar-refractivity contribution in [3.8, 4) is 0 Å². The number of anilines is 1. The lowest BCUT2D eigenvalue weighted by Gasteiger charge is -2.15. The quantitative estimate of drug-likeness (QED) is 0.782. The minimum Gasteiger partial charge on any atom is -0.342 e. The van der Waals surface area contributed by atoms with Gasteiger partial charge in [0.2, 0.25) is 5.91 Å². The number of nitrogens with two attached hydrogens (primary N) is 1. The summed E-state index contributed by atoms with van der Waals surface area (Å²) in [5.41, 5.74) is 7.95. The van der Waals surface area contributed by atoms with Gasteiger partial charge in [0.1, 0.15) is 5.82 Å². The molecule has 5 nitrogen and oxygen atoms in total. The van der Waals surface area contributed by atoms with Crippen molar-refractivity contribution in [2.45, 2.75) is 6.92 Å². The van der Waals surface area contributed by atoms with Crippen LogP contribution >= 0.6 is 0 Å². The van der Waals surface area contributed by atoms with Crippen LogP contribution in [0, 0.1) is 6.92 Å². The van der Waals surface area contributed by atoms with Crippen molar-refractivity contribution in [2.75, 3.05) is 18.5 Å². The van der Waals surface area contributed by atoms with E-state index in [1.165, 1.54) is 4.90 Å². The predicted molar refractivity (Wildman–Crippen MR) is 63.3 cm³/mol. The number of imidazole rings is 1. The summed E-state index contributed by atoms with van der Waals surface area (Å²) in [6, 6.07) is 5.63. The fourth-order valence-electron chi connectivity index (χ4n) is 1.61. The molecule has 0 saturated heterocycles. The Balaban J connectivity index is 2.42. The van der Waals surface area contributed by atoms with Crippen molar-refractivity contribution in [1.29, 1.82) is 0 Å². The number of aromatic amines is 1. The van der Waals surface area contributed by atoms with E-state index in [0.717, 1.165) is 22.5 Å². The third-order valence-electron chi connectivity index (χ3n) is 2.52. The molecule has 0 unspecified atom stereocenters. The summed E-state index contributed by atoms with van der Waals surface area (Å²) >= 11 is 0. The molecule has 16 heavy (non-hydrogen) atoms. The fourth-order valence-corrected chi connectivity index (χ4v) is 1.61. The summed E-state index contributed by atoms with van der Waals surface area (Å²) < 4.78 is 0. The van der Waals surface area contributed by atoms with E-state index >= 15 is 0 Å². The maximum Gasteiger partial charge on any atom is 0.240 e. The van der Waals surface area contributed by atoms with Crippen LogP contribution in [-0.2, 0) is 4.79 Å². The first-order valence-corrected chi connectivity index (χ1v) is 5.05. The van der Waals surface area contributed by atoms with Gasteiger partial charge in [-0.15, -0.1) is 0 Å². The number of carbonyl (C=O) groups excluding carboxylic acids is 1. The largest absolute Gasteiger partial charge is 0.342 e. The third-order valence-corrected chi connectivity index (χ3v) is 2.52. The molecule has 2 rings (SSSR count). The van der Waals surface area contributed by atoms with Gasteiger partial charge in [0.25, 0.3) is 0 Å². The highest BCUT2D eigenvalue weighted by molar-refractivity contribution is 5.95. The molecule has 0 aliphatic carbocycles. The van der Waals surface area contributed by atoms with Crippen LogP contribution in [-0.4, -0.2) is 29.5 Å². The molecule has 1 amide bonds. The molecule has 0 fully saturated rings. The van der Waals surface area contributed by atoms with Crippen LogP contribution in [0.25, 0.3) is 11.0 Å². The zero-order valence-electron chi connectivity index (χ0n) is 9.32. The molecular formula is C11H14N4O. The molecule has 1 aromatic heterocycles. The summed E-state index contributed by atoms with van der Waals surface area (Å²) in [6.45, 7) is 1.91. The smallest absolute Gasteiger partial charge is 0.240 e. The van der Waals surface area contributed by atoms with Gasteiger partial charge in [-0.2, -0.15) is 0 Å². The Bertz CT molecular complexity index is 532. The summed E-state index contributed by atoms with van der Waals surface area (Å²) in [5.74, 6) is 0.746. The number of benzene rings is 1. The number of H-pyrrole nitrogens is 1. The third kappa shape index (κ3) is 1.77. The van der Waals surface area contributed by atoms with Gasteiger partial charge < -0.3 is 15.6 Å². The van der Waals surface area contributed by atoms with E-state index in [0.29, 0.717) is 0 Å². The SMILES string of the molecule is Cc1nc2ccc(N(C)C(=O)CN)cc2[nH]1. The minimum atomic E-state index is -0.115. The van der Waals surface area contributed by atoms with Crippen molar-refractivity contribution >= 4 is 22.6 Å². The van der Waals surface area contributed by atoms with Gasteiger partial charge in [-0.05, 0) is 25.1 Å². The first-order chi connectivity index (χ1) is 7.61. The second-order valence-electron chi connectivity index (χ2n) is 3.68. The summed E-state index contributed by atoms with van der Waals surface area (Å²) in [4.78, 5) is 20.4. The molecule has 2 aromatic rings. The highest BCUT2D eigenvalue weighted by Gasteiger charge is 2.09. The zero-order chi connectivity index (χ0) is 11.7. The van der Waals surface area contributed by atoms with E-state index < -0.39 is 0 Å². The summed E-state index contributed by atoms with van der Waals surface area (Å²) in [6.07, 6.45) is 0. The molecule has 0 saturated carbocycles. The Kier molecular flexibility index (Phi) is 2.62. The van der Waals surface area contributed by atoms with Crippen molar-refractivity contribution in [3.63, 3.8) is 0 Å². The molecule has 5 heteroatoms. The van der Waals surface area contributed by atoms with Gasteiger partial charge >= 0.3 is 0 Å². The molecule has 1 heterocycles. The van der Waals surface area contributed by atoms with Crippen LogP contribution < -0.4 is 10.6 Å². The Hall–Kier alpha value is -1.88. The van der Waals surface area contributed by atoms with Crippen LogP contribution in [0.2, 0.25) is 0 Å². The van der Waals surface area contributed by atoms with Crippen LogP contribution in [0.3, 0.4) is 0 Å². The number of carbonyl (C=O) groups is 1. The second-order valence-corrected chi connectivity index (χ2v) is 3.68. The van der Waals surface area contributed by atoms with Crippen molar-refractivity contribution < 1.29 is 4.79 Å². The van der Waals surface area contributed by atoms with Crippen molar-refractivity contribution in [3.05, 3.63) is 24.0 Å². The van der Waals surface area contributed by atoms with Crippen LogP contribution in [0.1, 0.15) is 5.82 Å². The monoisotopic (exact) mass is 218 g/mol. The number of aryl methyl sites for hydroxylation is 1. The Morgan fingerprint density at radius 1 is 1.56 bits per heavy atom. The van der Waals surface area contributed by atoms with Gasteiger partial charge in [0.05, 0.1) is 17.6 Å². The number of hydrogen-bond donors (Lipinski definition) is 2. The highest BCUT2D eigenvalue weighted by Crippen LogP contribution is 2.19. The molecule has 0 atom stereocenters.